The third-order valence-electron chi connectivity index (χ3n) is 5.12. The van der Waals surface area contributed by atoms with Gasteiger partial charge in [0, 0.05) is 6.54 Å². The van der Waals surface area contributed by atoms with Crippen LogP contribution in [0.5, 0.6) is 5.75 Å². The first-order valence-electron chi connectivity index (χ1n) is 10.5. The number of nitrogens with one attached hydrogen (secondary N) is 2. The van der Waals surface area contributed by atoms with E-state index in [1.54, 1.807) is 19.1 Å². The lowest BCUT2D eigenvalue weighted by Gasteiger charge is -2.25. The van der Waals surface area contributed by atoms with E-state index in [0.717, 1.165) is 5.56 Å². The van der Waals surface area contributed by atoms with Crippen molar-refractivity contribution in [2.24, 2.45) is 33.8 Å². The molecule has 4 atom stereocenters. The maximum atomic E-state index is 12.9. The van der Waals surface area contributed by atoms with Crippen molar-refractivity contribution in [3.05, 3.63) is 29.8 Å². The first-order chi connectivity index (χ1) is 15.0. The molecule has 3 amide bonds. The van der Waals surface area contributed by atoms with E-state index in [2.05, 4.69) is 15.6 Å². The molecular formula is C21H35N7O4. The van der Waals surface area contributed by atoms with E-state index in [1.165, 1.54) is 12.1 Å². The first-order valence-corrected chi connectivity index (χ1v) is 10.5. The third kappa shape index (κ3) is 9.21. The van der Waals surface area contributed by atoms with Crippen LogP contribution in [0.3, 0.4) is 0 Å². The van der Waals surface area contributed by atoms with Gasteiger partial charge in [0.2, 0.25) is 17.7 Å². The minimum Gasteiger partial charge on any atom is -0.508 e. The molecule has 11 N–H and O–H groups in total. The number of aromatic hydroxyl groups is 1. The van der Waals surface area contributed by atoms with Gasteiger partial charge < -0.3 is 38.7 Å². The van der Waals surface area contributed by atoms with Gasteiger partial charge in [-0.3, -0.25) is 19.4 Å². The van der Waals surface area contributed by atoms with Crippen LogP contribution in [0.4, 0.5) is 0 Å². The minimum atomic E-state index is -0.950. The number of hydrogen-bond acceptors (Lipinski definition) is 6. The fourth-order valence-electron chi connectivity index (χ4n) is 3.01. The summed E-state index contributed by atoms with van der Waals surface area (Å²) in [5, 5.41) is 14.7. The van der Waals surface area contributed by atoms with Gasteiger partial charge in [-0.25, -0.2) is 0 Å². The maximum Gasteiger partial charge on any atom is 0.243 e. The molecule has 1 aromatic rings. The third-order valence-corrected chi connectivity index (χ3v) is 5.12. The molecule has 1 rings (SSSR count). The number of amides is 3. The second-order valence-corrected chi connectivity index (χ2v) is 7.76. The normalized spacial score (nSPS) is 14.5. The van der Waals surface area contributed by atoms with Gasteiger partial charge in [-0.05, 0) is 42.9 Å². The predicted molar refractivity (Wildman–Crippen MR) is 122 cm³/mol. The highest BCUT2D eigenvalue weighted by atomic mass is 16.3. The number of nitrogens with zero attached hydrogens (tertiary/aromatic N) is 1. The van der Waals surface area contributed by atoms with Gasteiger partial charge in [0.1, 0.15) is 17.8 Å². The number of benzene rings is 1. The Morgan fingerprint density at radius 1 is 1.06 bits per heavy atom. The smallest absolute Gasteiger partial charge is 0.243 e. The van der Waals surface area contributed by atoms with E-state index in [4.69, 9.17) is 22.9 Å². The summed E-state index contributed by atoms with van der Waals surface area (Å²) in [7, 11) is 0. The molecule has 0 aliphatic rings. The summed E-state index contributed by atoms with van der Waals surface area (Å²) in [5.41, 5.74) is 22.8. The molecule has 0 aliphatic heterocycles. The Bertz CT molecular complexity index is 794. The van der Waals surface area contributed by atoms with Crippen LogP contribution in [-0.4, -0.2) is 53.5 Å². The van der Waals surface area contributed by atoms with Crippen molar-refractivity contribution in [3.8, 4) is 5.75 Å². The summed E-state index contributed by atoms with van der Waals surface area (Å²) in [5.74, 6) is -1.86. The van der Waals surface area contributed by atoms with E-state index >= 15 is 0 Å². The molecule has 0 aromatic heterocycles. The quantitative estimate of drug-likeness (QED) is 0.111. The van der Waals surface area contributed by atoms with Crippen LogP contribution in [-0.2, 0) is 20.8 Å². The van der Waals surface area contributed by atoms with Gasteiger partial charge in [0.05, 0.1) is 6.04 Å². The van der Waals surface area contributed by atoms with E-state index in [-0.39, 0.29) is 37.0 Å². The standard InChI is InChI=1S/C21H35N7O4/c1-3-12(2)17(18(23)30)28-20(32)16(5-4-10-26-21(24)25)27-19(31)15(22)11-13-6-8-14(29)9-7-13/h6-9,12,15-17,29H,3-5,10-11,22H2,1-2H3,(H2,23,30)(H,27,31)(H,28,32)(H4,24,25,26). The van der Waals surface area contributed by atoms with Crippen molar-refractivity contribution >= 4 is 23.7 Å². The summed E-state index contributed by atoms with van der Waals surface area (Å²) in [6.07, 6.45) is 1.48. The molecule has 178 valence electrons. The number of phenolic OH excluding ortho intramolecular Hbond substituents is 1. The highest BCUT2D eigenvalue weighted by Crippen LogP contribution is 2.12. The Hall–Kier alpha value is -3.34. The molecule has 0 aliphatic carbocycles. The summed E-state index contributed by atoms with van der Waals surface area (Å²) in [6.45, 7) is 3.95. The number of aliphatic imine (C=N–C) groups is 1. The number of rotatable bonds is 13. The minimum absolute atomic E-state index is 0.0727. The molecule has 0 saturated heterocycles. The van der Waals surface area contributed by atoms with Crippen LogP contribution in [0.2, 0.25) is 0 Å². The first kappa shape index (κ1) is 26.7. The molecule has 1 aromatic carbocycles. The topological polar surface area (TPSA) is 212 Å². The van der Waals surface area contributed by atoms with E-state index in [0.29, 0.717) is 12.8 Å². The van der Waals surface area contributed by atoms with Crippen LogP contribution in [0.1, 0.15) is 38.7 Å². The SMILES string of the molecule is CCC(C)C(NC(=O)C(CCCN=C(N)N)NC(=O)C(N)Cc1ccc(O)cc1)C(N)=O. The van der Waals surface area contributed by atoms with Gasteiger partial charge in [-0.1, -0.05) is 32.4 Å². The molecule has 11 heteroatoms. The van der Waals surface area contributed by atoms with Gasteiger partial charge in [0.25, 0.3) is 0 Å². The largest absolute Gasteiger partial charge is 0.508 e. The number of carbonyl (C=O) groups excluding carboxylic acids is 3. The Labute approximate surface area is 188 Å². The number of phenols is 1. The summed E-state index contributed by atoms with van der Waals surface area (Å²) >= 11 is 0. The molecule has 11 nitrogen and oxygen atoms in total. The lowest BCUT2D eigenvalue weighted by Crippen LogP contribution is -2.56. The summed E-state index contributed by atoms with van der Waals surface area (Å²) in [6, 6.07) is 3.58. The van der Waals surface area contributed by atoms with Gasteiger partial charge in [-0.15, -0.1) is 0 Å². The molecule has 0 spiro atoms. The van der Waals surface area contributed by atoms with E-state index in [1.807, 2.05) is 6.92 Å². The highest BCUT2D eigenvalue weighted by Gasteiger charge is 2.29. The number of carbonyl (C=O) groups is 3. The molecule has 32 heavy (non-hydrogen) atoms. The Kier molecular flexibility index (Phi) is 11.0. The van der Waals surface area contributed by atoms with Gasteiger partial charge in [-0.2, -0.15) is 0 Å². The Morgan fingerprint density at radius 2 is 1.69 bits per heavy atom. The van der Waals surface area contributed by atoms with Crippen molar-refractivity contribution in [3.63, 3.8) is 0 Å². The van der Waals surface area contributed by atoms with Crippen molar-refractivity contribution in [2.45, 2.75) is 57.7 Å². The Balaban J connectivity index is 2.87. The number of nitrogens with two attached hydrogens (primary N) is 4. The average molecular weight is 450 g/mol. The van der Waals surface area contributed by atoms with Crippen LogP contribution in [0.25, 0.3) is 0 Å². The number of hydrogen-bond donors (Lipinski definition) is 7. The van der Waals surface area contributed by atoms with Crippen LogP contribution < -0.4 is 33.6 Å². The summed E-state index contributed by atoms with van der Waals surface area (Å²) in [4.78, 5) is 41.2. The zero-order valence-electron chi connectivity index (χ0n) is 18.6. The number of guanidine groups is 1. The van der Waals surface area contributed by atoms with Crippen molar-refractivity contribution in [2.75, 3.05) is 6.54 Å². The van der Waals surface area contributed by atoms with E-state index < -0.39 is 35.8 Å². The molecule has 0 radical (unpaired) electrons. The van der Waals surface area contributed by atoms with Crippen LogP contribution in [0.15, 0.2) is 29.3 Å². The second kappa shape index (κ2) is 13.2. The highest BCUT2D eigenvalue weighted by molar-refractivity contribution is 5.92. The lowest BCUT2D eigenvalue weighted by molar-refractivity contribution is -0.132. The summed E-state index contributed by atoms with van der Waals surface area (Å²) < 4.78 is 0. The lowest BCUT2D eigenvalue weighted by atomic mass is 9.97. The fraction of sp³-hybridized carbons (Fsp3) is 0.524. The van der Waals surface area contributed by atoms with Crippen molar-refractivity contribution in [1.29, 1.82) is 0 Å². The zero-order valence-corrected chi connectivity index (χ0v) is 18.6. The van der Waals surface area contributed by atoms with Gasteiger partial charge in [0.15, 0.2) is 5.96 Å². The molecule has 0 bridgehead atoms. The Morgan fingerprint density at radius 3 is 2.22 bits per heavy atom. The van der Waals surface area contributed by atoms with Crippen molar-refractivity contribution < 1.29 is 19.5 Å². The molecule has 0 heterocycles. The second-order valence-electron chi connectivity index (χ2n) is 7.76. The van der Waals surface area contributed by atoms with Crippen LogP contribution in [0, 0.1) is 5.92 Å². The average Bonchev–Trinajstić information content (AvgIpc) is 2.74. The van der Waals surface area contributed by atoms with Gasteiger partial charge >= 0.3 is 0 Å². The molecular weight excluding hydrogens is 414 g/mol. The predicted octanol–water partition coefficient (Wildman–Crippen LogP) is -1.18. The monoisotopic (exact) mass is 449 g/mol. The fourth-order valence-corrected chi connectivity index (χ4v) is 3.01. The zero-order chi connectivity index (χ0) is 24.3. The van der Waals surface area contributed by atoms with Crippen molar-refractivity contribution in [1.82, 2.24) is 10.6 Å². The molecule has 4 unspecified atom stereocenters. The molecule has 0 fully saturated rings. The number of primary amides is 1. The van der Waals surface area contributed by atoms with Crippen LogP contribution >= 0.6 is 0 Å². The maximum absolute atomic E-state index is 12.9. The molecule has 0 saturated carbocycles. The van der Waals surface area contributed by atoms with E-state index in [9.17, 15) is 19.5 Å².